The summed E-state index contributed by atoms with van der Waals surface area (Å²) in [6.45, 7) is 5.64. The van der Waals surface area contributed by atoms with Crippen molar-refractivity contribution in [1.82, 2.24) is 0 Å². The molecular formula is C27H29BrCl2N2O2. The Kier molecular flexibility index (Phi) is 8.87. The molecule has 1 saturated heterocycles. The number of hydrogen-bond donors (Lipinski definition) is 1. The number of anilines is 2. The average Bonchev–Trinajstić information content (AvgIpc) is 2.84. The number of hydrogen-bond acceptors (Lipinski definition) is 4. The Morgan fingerprint density at radius 2 is 1.74 bits per heavy atom. The fraction of sp³-hybridized carbons (Fsp3) is 0.333. The molecule has 4 nitrogen and oxygen atoms in total. The van der Waals surface area contributed by atoms with E-state index in [-0.39, 0.29) is 0 Å². The molecule has 0 aliphatic carbocycles. The van der Waals surface area contributed by atoms with Crippen LogP contribution in [0.4, 0.5) is 11.4 Å². The van der Waals surface area contributed by atoms with Gasteiger partial charge < -0.3 is 19.7 Å². The molecule has 0 unspecified atom stereocenters. The van der Waals surface area contributed by atoms with Crippen molar-refractivity contribution in [2.75, 3.05) is 29.9 Å². The van der Waals surface area contributed by atoms with Crippen LogP contribution in [0.5, 0.6) is 11.5 Å². The SMILES string of the molecule is CCOc1cc(CNc2ccc(N3CCCCC3)c(Cl)c2)cc(Br)c1OCc1ccccc1Cl. The van der Waals surface area contributed by atoms with E-state index in [1.54, 1.807) is 0 Å². The summed E-state index contributed by atoms with van der Waals surface area (Å²) >= 11 is 16.6. The number of halogens is 3. The van der Waals surface area contributed by atoms with Gasteiger partial charge in [-0.1, -0.05) is 41.4 Å². The molecular weight excluding hydrogens is 535 g/mol. The monoisotopic (exact) mass is 562 g/mol. The largest absolute Gasteiger partial charge is 0.490 e. The average molecular weight is 564 g/mol. The van der Waals surface area contributed by atoms with E-state index in [2.05, 4.69) is 38.3 Å². The Morgan fingerprint density at radius 1 is 0.941 bits per heavy atom. The molecule has 0 bridgehead atoms. The van der Waals surface area contributed by atoms with E-state index in [1.165, 1.54) is 19.3 Å². The predicted molar refractivity (Wildman–Crippen MR) is 146 cm³/mol. The van der Waals surface area contributed by atoms with Gasteiger partial charge in [0.2, 0.25) is 0 Å². The molecule has 0 radical (unpaired) electrons. The zero-order valence-electron chi connectivity index (χ0n) is 19.3. The number of nitrogens with one attached hydrogen (secondary N) is 1. The maximum absolute atomic E-state index is 6.62. The fourth-order valence-electron chi connectivity index (χ4n) is 4.10. The lowest BCUT2D eigenvalue weighted by atomic mass is 10.1. The second-order valence-electron chi connectivity index (χ2n) is 8.29. The highest BCUT2D eigenvalue weighted by Crippen LogP contribution is 2.38. The van der Waals surface area contributed by atoms with Gasteiger partial charge >= 0.3 is 0 Å². The fourth-order valence-corrected chi connectivity index (χ4v) is 5.20. The van der Waals surface area contributed by atoms with Crippen LogP contribution in [0.15, 0.2) is 59.1 Å². The summed E-state index contributed by atoms with van der Waals surface area (Å²) in [5.74, 6) is 1.36. The molecule has 0 saturated carbocycles. The Hall–Kier alpha value is -2.08. The van der Waals surface area contributed by atoms with Gasteiger partial charge in [-0.2, -0.15) is 0 Å². The van der Waals surface area contributed by atoms with Crippen molar-refractivity contribution < 1.29 is 9.47 Å². The summed E-state index contributed by atoms with van der Waals surface area (Å²) in [6, 6.07) is 17.9. The first-order chi connectivity index (χ1) is 16.5. The van der Waals surface area contributed by atoms with E-state index in [4.69, 9.17) is 32.7 Å². The van der Waals surface area contributed by atoms with E-state index in [0.29, 0.717) is 36.3 Å². The van der Waals surface area contributed by atoms with Gasteiger partial charge in [-0.25, -0.2) is 0 Å². The normalized spacial score (nSPS) is 13.6. The first-order valence-corrected chi connectivity index (χ1v) is 13.2. The third-order valence-corrected chi connectivity index (χ3v) is 7.10. The topological polar surface area (TPSA) is 33.7 Å². The minimum atomic E-state index is 0.359. The molecule has 0 atom stereocenters. The lowest BCUT2D eigenvalue weighted by Crippen LogP contribution is -2.29. The van der Waals surface area contributed by atoms with Gasteiger partial charge in [0.1, 0.15) is 6.61 Å². The zero-order chi connectivity index (χ0) is 23.9. The van der Waals surface area contributed by atoms with Crippen molar-refractivity contribution in [3.8, 4) is 11.5 Å². The van der Waals surface area contributed by atoms with Gasteiger partial charge in [0, 0.05) is 35.9 Å². The summed E-state index contributed by atoms with van der Waals surface area (Å²) in [5, 5.41) is 4.94. The Balaban J connectivity index is 1.45. The Morgan fingerprint density at radius 3 is 2.47 bits per heavy atom. The third-order valence-electron chi connectivity index (χ3n) is 5.84. The van der Waals surface area contributed by atoms with Crippen molar-refractivity contribution in [3.63, 3.8) is 0 Å². The van der Waals surface area contributed by atoms with Crippen LogP contribution in [0, 0.1) is 0 Å². The first kappa shape index (κ1) is 25.0. The van der Waals surface area contributed by atoms with Gasteiger partial charge in [0.15, 0.2) is 11.5 Å². The third kappa shape index (κ3) is 6.32. The number of rotatable bonds is 9. The summed E-state index contributed by atoms with van der Waals surface area (Å²) < 4.78 is 12.8. The van der Waals surface area contributed by atoms with Crippen molar-refractivity contribution in [1.29, 1.82) is 0 Å². The number of nitrogens with zero attached hydrogens (tertiary/aromatic N) is 1. The molecule has 1 N–H and O–H groups in total. The van der Waals surface area contributed by atoms with Gasteiger partial charge in [-0.15, -0.1) is 0 Å². The molecule has 0 aromatic heterocycles. The number of ether oxygens (including phenoxy) is 2. The van der Waals surface area contributed by atoms with Crippen LogP contribution in [0.25, 0.3) is 0 Å². The Labute approximate surface area is 220 Å². The highest BCUT2D eigenvalue weighted by atomic mass is 79.9. The van der Waals surface area contributed by atoms with E-state index >= 15 is 0 Å². The van der Waals surface area contributed by atoms with Crippen molar-refractivity contribution in [2.24, 2.45) is 0 Å². The van der Waals surface area contributed by atoms with Crippen LogP contribution >= 0.6 is 39.1 Å². The van der Waals surface area contributed by atoms with E-state index in [0.717, 1.165) is 45.1 Å². The molecule has 1 fully saturated rings. The molecule has 1 heterocycles. The van der Waals surface area contributed by atoms with Crippen LogP contribution in [0.2, 0.25) is 10.0 Å². The van der Waals surface area contributed by atoms with Crippen LogP contribution in [-0.4, -0.2) is 19.7 Å². The highest BCUT2D eigenvalue weighted by Gasteiger charge is 2.15. The second kappa shape index (κ2) is 12.1. The van der Waals surface area contributed by atoms with E-state index in [9.17, 15) is 0 Å². The molecule has 3 aromatic rings. The highest BCUT2D eigenvalue weighted by molar-refractivity contribution is 9.10. The van der Waals surface area contributed by atoms with Crippen molar-refractivity contribution >= 4 is 50.5 Å². The standard InChI is InChI=1S/C27H29BrCl2N2O2/c1-2-33-26-15-19(14-22(28)27(26)34-18-20-8-4-5-9-23(20)29)17-31-21-10-11-25(24(30)16-21)32-12-6-3-7-13-32/h4-5,8-11,14-16,31H,2-3,6-7,12-13,17-18H2,1H3. The molecule has 7 heteroatoms. The minimum absolute atomic E-state index is 0.359. The molecule has 34 heavy (non-hydrogen) atoms. The zero-order valence-corrected chi connectivity index (χ0v) is 22.3. The number of benzene rings is 3. The molecule has 0 spiro atoms. The predicted octanol–water partition coefficient (Wildman–Crippen LogP) is 8.34. The maximum atomic E-state index is 6.62. The van der Waals surface area contributed by atoms with E-state index in [1.807, 2.05) is 49.4 Å². The lowest BCUT2D eigenvalue weighted by Gasteiger charge is -2.29. The van der Waals surface area contributed by atoms with Crippen molar-refractivity contribution in [3.05, 3.63) is 80.2 Å². The van der Waals surface area contributed by atoms with Crippen LogP contribution in [0.1, 0.15) is 37.3 Å². The van der Waals surface area contributed by atoms with Gasteiger partial charge in [0.25, 0.3) is 0 Å². The molecule has 180 valence electrons. The second-order valence-corrected chi connectivity index (χ2v) is 9.95. The van der Waals surface area contributed by atoms with Gasteiger partial charge in [-0.05, 0) is 84.1 Å². The molecule has 0 amide bonds. The van der Waals surface area contributed by atoms with Gasteiger partial charge in [-0.3, -0.25) is 0 Å². The quantitative estimate of drug-likeness (QED) is 0.283. The maximum Gasteiger partial charge on any atom is 0.175 e. The summed E-state index contributed by atoms with van der Waals surface area (Å²) in [7, 11) is 0. The molecule has 4 rings (SSSR count). The smallest absolute Gasteiger partial charge is 0.175 e. The molecule has 1 aliphatic heterocycles. The molecule has 3 aromatic carbocycles. The summed E-state index contributed by atoms with van der Waals surface area (Å²) in [6.07, 6.45) is 3.76. The van der Waals surface area contributed by atoms with E-state index < -0.39 is 0 Å². The first-order valence-electron chi connectivity index (χ1n) is 11.6. The number of piperidine rings is 1. The minimum Gasteiger partial charge on any atom is -0.490 e. The Bertz CT molecular complexity index is 1120. The summed E-state index contributed by atoms with van der Waals surface area (Å²) in [4.78, 5) is 2.38. The van der Waals surface area contributed by atoms with Crippen molar-refractivity contribution in [2.45, 2.75) is 39.3 Å². The van der Waals surface area contributed by atoms with Crippen LogP contribution < -0.4 is 19.7 Å². The lowest BCUT2D eigenvalue weighted by molar-refractivity contribution is 0.267. The molecule has 1 aliphatic rings. The van der Waals surface area contributed by atoms with Crippen LogP contribution in [0.3, 0.4) is 0 Å². The van der Waals surface area contributed by atoms with Crippen LogP contribution in [-0.2, 0) is 13.2 Å². The summed E-state index contributed by atoms with van der Waals surface area (Å²) in [5.41, 5.74) is 4.10. The van der Waals surface area contributed by atoms with Gasteiger partial charge in [0.05, 0.1) is 21.8 Å².